The fourth-order valence-electron chi connectivity index (χ4n) is 1.93. The molecule has 0 radical (unpaired) electrons. The van der Waals surface area contributed by atoms with Crippen LogP contribution in [0.2, 0.25) is 0 Å². The molecular weight excluding hydrogens is 252 g/mol. The molecular formula is C12H22N2O5. The number of hydrogen-bond donors (Lipinski definition) is 3. The van der Waals surface area contributed by atoms with Crippen molar-refractivity contribution in [1.82, 2.24) is 10.2 Å². The summed E-state index contributed by atoms with van der Waals surface area (Å²) in [6.07, 6.45) is 2.17. The molecule has 1 aliphatic carbocycles. The minimum atomic E-state index is -1.27. The first-order valence-electron chi connectivity index (χ1n) is 6.41. The fourth-order valence-corrected chi connectivity index (χ4v) is 1.93. The second-order valence-corrected chi connectivity index (χ2v) is 4.79. The van der Waals surface area contributed by atoms with Gasteiger partial charge in [-0.3, -0.25) is 0 Å². The van der Waals surface area contributed by atoms with Crippen molar-refractivity contribution in [2.45, 2.75) is 31.8 Å². The van der Waals surface area contributed by atoms with Crippen LogP contribution in [0.1, 0.15) is 19.8 Å². The molecule has 2 unspecified atom stereocenters. The van der Waals surface area contributed by atoms with Crippen LogP contribution in [0.25, 0.3) is 0 Å². The molecule has 0 heterocycles. The molecule has 0 spiro atoms. The normalized spacial score (nSPS) is 17.6. The van der Waals surface area contributed by atoms with Crippen molar-refractivity contribution in [3.63, 3.8) is 0 Å². The third kappa shape index (κ3) is 4.68. The number of rotatable bonds is 8. The summed E-state index contributed by atoms with van der Waals surface area (Å²) in [4.78, 5) is 24.5. The van der Waals surface area contributed by atoms with Gasteiger partial charge in [0.25, 0.3) is 0 Å². The molecule has 0 bridgehead atoms. The number of carbonyl (C=O) groups is 2. The highest BCUT2D eigenvalue weighted by atomic mass is 16.5. The van der Waals surface area contributed by atoms with E-state index in [1.807, 2.05) is 6.92 Å². The van der Waals surface area contributed by atoms with Crippen molar-refractivity contribution < 1.29 is 24.5 Å². The lowest BCUT2D eigenvalue weighted by molar-refractivity contribution is -0.140. The van der Waals surface area contributed by atoms with Crippen LogP contribution < -0.4 is 5.32 Å². The van der Waals surface area contributed by atoms with E-state index in [1.165, 1.54) is 0 Å². The average Bonchev–Trinajstić information content (AvgIpc) is 3.19. The molecule has 2 amide bonds. The van der Waals surface area contributed by atoms with Crippen LogP contribution in [0.4, 0.5) is 4.79 Å². The predicted octanol–water partition coefficient (Wildman–Crippen LogP) is -0.112. The Morgan fingerprint density at radius 1 is 1.47 bits per heavy atom. The summed E-state index contributed by atoms with van der Waals surface area (Å²) in [6, 6.07) is -1.70. The summed E-state index contributed by atoms with van der Waals surface area (Å²) in [5.74, 6) is -0.776. The van der Waals surface area contributed by atoms with Gasteiger partial charge in [-0.2, -0.15) is 0 Å². The second-order valence-electron chi connectivity index (χ2n) is 4.79. The van der Waals surface area contributed by atoms with E-state index in [0.29, 0.717) is 19.1 Å². The summed E-state index contributed by atoms with van der Waals surface area (Å²) in [7, 11) is 1.55. The molecule has 1 saturated carbocycles. The van der Waals surface area contributed by atoms with Gasteiger partial charge < -0.3 is 25.2 Å². The van der Waals surface area contributed by atoms with E-state index in [0.717, 1.165) is 12.8 Å². The molecule has 3 N–H and O–H groups in total. The first kappa shape index (κ1) is 15.7. The minimum absolute atomic E-state index is 0.0447. The molecule has 0 aromatic heterocycles. The molecule has 0 aliphatic heterocycles. The molecule has 7 heteroatoms. The number of carboxylic acids is 1. The number of carboxylic acid groups (broad SMARTS) is 1. The molecule has 2 atom stereocenters. The highest BCUT2D eigenvalue weighted by Gasteiger charge is 2.35. The second kappa shape index (κ2) is 7.30. The highest BCUT2D eigenvalue weighted by Crippen LogP contribution is 2.35. The topological polar surface area (TPSA) is 99.1 Å². The molecule has 1 rings (SSSR count). The number of aliphatic hydroxyl groups excluding tert-OH is 1. The molecule has 0 aromatic rings. The number of aliphatic carboxylic acids is 1. The number of nitrogens with one attached hydrogen (secondary N) is 1. The summed E-state index contributed by atoms with van der Waals surface area (Å²) < 4.78 is 4.96. The number of aliphatic hydroxyl groups is 1. The SMILES string of the molecule is COCCN(C(=O)NC(CO)C(=O)O)C(C)C1CC1. The van der Waals surface area contributed by atoms with Gasteiger partial charge in [-0.1, -0.05) is 0 Å². The Morgan fingerprint density at radius 3 is 2.53 bits per heavy atom. The standard InChI is InChI=1S/C12H22N2O5/c1-8(9-3-4-9)14(5-6-19-2)12(18)13-10(7-15)11(16)17/h8-10,15H,3-7H2,1-2H3,(H,13,18)(H,16,17). The van der Waals surface area contributed by atoms with E-state index >= 15 is 0 Å². The molecule has 19 heavy (non-hydrogen) atoms. The quantitative estimate of drug-likeness (QED) is 0.573. The van der Waals surface area contributed by atoms with Crippen LogP contribution in [-0.4, -0.2) is 66.1 Å². The number of urea groups is 1. The smallest absolute Gasteiger partial charge is 0.328 e. The van der Waals surface area contributed by atoms with Gasteiger partial charge in [0.1, 0.15) is 0 Å². The third-order valence-electron chi connectivity index (χ3n) is 3.37. The highest BCUT2D eigenvalue weighted by molar-refractivity contribution is 5.82. The van der Waals surface area contributed by atoms with Crippen molar-refractivity contribution in [2.24, 2.45) is 5.92 Å². The van der Waals surface area contributed by atoms with Gasteiger partial charge in [0.05, 0.1) is 13.2 Å². The molecule has 1 aliphatic rings. The molecule has 110 valence electrons. The van der Waals surface area contributed by atoms with E-state index in [4.69, 9.17) is 14.9 Å². The zero-order valence-corrected chi connectivity index (χ0v) is 11.3. The third-order valence-corrected chi connectivity index (χ3v) is 3.37. The number of hydrogen-bond acceptors (Lipinski definition) is 4. The Labute approximate surface area is 112 Å². The maximum atomic E-state index is 12.1. The van der Waals surface area contributed by atoms with E-state index in [1.54, 1.807) is 12.0 Å². The monoisotopic (exact) mass is 274 g/mol. The van der Waals surface area contributed by atoms with Crippen LogP contribution in [0.5, 0.6) is 0 Å². The lowest BCUT2D eigenvalue weighted by atomic mass is 10.2. The fraction of sp³-hybridized carbons (Fsp3) is 0.833. The Bertz CT molecular complexity index is 319. The van der Waals surface area contributed by atoms with Gasteiger partial charge in [0.2, 0.25) is 0 Å². The van der Waals surface area contributed by atoms with Crippen LogP contribution in [0, 0.1) is 5.92 Å². The van der Waals surface area contributed by atoms with Crippen molar-refractivity contribution in [1.29, 1.82) is 0 Å². The first-order chi connectivity index (χ1) is 9.01. The lowest BCUT2D eigenvalue weighted by Crippen LogP contribution is -2.53. The Hall–Kier alpha value is -1.34. The molecule has 7 nitrogen and oxygen atoms in total. The summed E-state index contributed by atoms with van der Waals surface area (Å²) in [5, 5.41) is 20.1. The largest absolute Gasteiger partial charge is 0.480 e. The van der Waals surface area contributed by atoms with E-state index < -0.39 is 24.6 Å². The Kier molecular flexibility index (Phi) is 6.04. The lowest BCUT2D eigenvalue weighted by Gasteiger charge is -2.30. The number of carbonyl (C=O) groups excluding carboxylic acids is 1. The van der Waals surface area contributed by atoms with E-state index in [-0.39, 0.29) is 6.04 Å². The molecule has 0 saturated heterocycles. The summed E-state index contributed by atoms with van der Waals surface area (Å²) in [6.45, 7) is 2.11. The van der Waals surface area contributed by atoms with Crippen molar-refractivity contribution >= 4 is 12.0 Å². The number of nitrogens with zero attached hydrogens (tertiary/aromatic N) is 1. The van der Waals surface area contributed by atoms with Crippen LogP contribution in [-0.2, 0) is 9.53 Å². The van der Waals surface area contributed by atoms with Crippen molar-refractivity contribution in [3.05, 3.63) is 0 Å². The molecule has 0 aromatic carbocycles. The van der Waals surface area contributed by atoms with Gasteiger partial charge in [-0.05, 0) is 25.7 Å². The number of ether oxygens (including phenoxy) is 1. The van der Waals surface area contributed by atoms with Crippen molar-refractivity contribution in [3.8, 4) is 0 Å². The number of methoxy groups -OCH3 is 1. The zero-order valence-electron chi connectivity index (χ0n) is 11.3. The van der Waals surface area contributed by atoms with E-state index in [2.05, 4.69) is 5.32 Å². The van der Waals surface area contributed by atoms with Gasteiger partial charge >= 0.3 is 12.0 Å². The zero-order chi connectivity index (χ0) is 14.4. The molecule has 1 fully saturated rings. The Balaban J connectivity index is 2.61. The maximum Gasteiger partial charge on any atom is 0.328 e. The first-order valence-corrected chi connectivity index (χ1v) is 6.41. The average molecular weight is 274 g/mol. The minimum Gasteiger partial charge on any atom is -0.480 e. The van der Waals surface area contributed by atoms with Crippen LogP contribution >= 0.6 is 0 Å². The summed E-state index contributed by atoms with van der Waals surface area (Å²) in [5.41, 5.74) is 0. The van der Waals surface area contributed by atoms with Crippen LogP contribution in [0.3, 0.4) is 0 Å². The van der Waals surface area contributed by atoms with Crippen molar-refractivity contribution in [2.75, 3.05) is 26.9 Å². The van der Waals surface area contributed by atoms with Gasteiger partial charge in [-0.25, -0.2) is 9.59 Å². The number of amides is 2. The van der Waals surface area contributed by atoms with Gasteiger partial charge in [0, 0.05) is 19.7 Å². The van der Waals surface area contributed by atoms with Gasteiger partial charge in [-0.15, -0.1) is 0 Å². The summed E-state index contributed by atoms with van der Waals surface area (Å²) >= 11 is 0. The Morgan fingerprint density at radius 2 is 2.11 bits per heavy atom. The maximum absolute atomic E-state index is 12.1. The van der Waals surface area contributed by atoms with E-state index in [9.17, 15) is 9.59 Å². The predicted molar refractivity (Wildman–Crippen MR) is 67.8 cm³/mol. The van der Waals surface area contributed by atoms with Crippen LogP contribution in [0.15, 0.2) is 0 Å². The van der Waals surface area contributed by atoms with Gasteiger partial charge in [0.15, 0.2) is 6.04 Å².